The van der Waals surface area contributed by atoms with Crippen LogP contribution in [0.5, 0.6) is 17.2 Å². The van der Waals surface area contributed by atoms with E-state index in [1.165, 1.54) is 0 Å². The van der Waals surface area contributed by atoms with Crippen molar-refractivity contribution in [2.45, 2.75) is 13.0 Å². The number of piperazine rings is 1. The van der Waals surface area contributed by atoms with Gasteiger partial charge < -0.3 is 33.6 Å². The summed E-state index contributed by atoms with van der Waals surface area (Å²) in [6, 6.07) is 13.1. The van der Waals surface area contributed by atoms with Crippen LogP contribution in [0.4, 0.5) is 5.69 Å². The Morgan fingerprint density at radius 2 is 1.65 bits per heavy atom. The standard InChI is InChI=1S/C25H29N3O6/c1-16(29)24-22(23(26-34-24)17-9-10-20(32-3)21(15-17)33-4)25(30)28-13-11-27(12-14-28)18-7-5-6-8-19(18)31-2/h5-10,15-16,29H,11-14H2,1-4H3/t16-/m0/s1. The summed E-state index contributed by atoms with van der Waals surface area (Å²) in [6.07, 6.45) is -0.991. The molecule has 1 saturated heterocycles. The number of nitrogens with zero attached hydrogens (tertiary/aromatic N) is 3. The zero-order chi connectivity index (χ0) is 24.2. The SMILES string of the molecule is COc1ccc(-c2noc([C@H](C)O)c2C(=O)N2CCN(c3ccccc3OC)CC2)cc1OC. The maximum Gasteiger partial charge on any atom is 0.259 e. The summed E-state index contributed by atoms with van der Waals surface area (Å²) < 4.78 is 21.6. The van der Waals surface area contributed by atoms with Crippen LogP contribution in [0.15, 0.2) is 47.0 Å². The van der Waals surface area contributed by atoms with E-state index in [1.807, 2.05) is 24.3 Å². The second-order valence-corrected chi connectivity index (χ2v) is 7.97. The highest BCUT2D eigenvalue weighted by Gasteiger charge is 2.32. The summed E-state index contributed by atoms with van der Waals surface area (Å²) in [5, 5.41) is 14.4. The largest absolute Gasteiger partial charge is 0.495 e. The average molecular weight is 468 g/mol. The van der Waals surface area contributed by atoms with Crippen LogP contribution >= 0.6 is 0 Å². The Morgan fingerprint density at radius 1 is 0.971 bits per heavy atom. The number of benzene rings is 2. The number of aromatic nitrogens is 1. The van der Waals surface area contributed by atoms with E-state index in [0.717, 1.165) is 11.4 Å². The predicted molar refractivity (Wildman–Crippen MR) is 127 cm³/mol. The summed E-state index contributed by atoms with van der Waals surface area (Å²) in [4.78, 5) is 17.6. The van der Waals surface area contributed by atoms with Crippen molar-refractivity contribution in [3.63, 3.8) is 0 Å². The van der Waals surface area contributed by atoms with Crippen LogP contribution in [0.1, 0.15) is 29.1 Å². The first-order valence-corrected chi connectivity index (χ1v) is 11.1. The second kappa shape index (κ2) is 10.0. The van der Waals surface area contributed by atoms with Gasteiger partial charge in [-0.25, -0.2) is 0 Å². The van der Waals surface area contributed by atoms with Crippen molar-refractivity contribution in [3.8, 4) is 28.5 Å². The van der Waals surface area contributed by atoms with Crippen molar-refractivity contribution in [1.29, 1.82) is 0 Å². The van der Waals surface area contributed by atoms with Crippen LogP contribution < -0.4 is 19.1 Å². The Kier molecular flexibility index (Phi) is 6.93. The first kappa shape index (κ1) is 23.4. The number of carbonyl (C=O) groups is 1. The molecule has 1 fully saturated rings. The Morgan fingerprint density at radius 3 is 2.29 bits per heavy atom. The number of methoxy groups -OCH3 is 3. The molecule has 1 amide bonds. The van der Waals surface area contributed by atoms with E-state index in [1.54, 1.807) is 51.4 Å². The van der Waals surface area contributed by atoms with Gasteiger partial charge in [0.05, 0.1) is 27.0 Å². The van der Waals surface area contributed by atoms with Crippen molar-refractivity contribution >= 4 is 11.6 Å². The molecule has 2 aromatic carbocycles. The minimum Gasteiger partial charge on any atom is -0.495 e. The molecule has 1 atom stereocenters. The molecule has 9 nitrogen and oxygen atoms in total. The number of anilines is 1. The molecule has 34 heavy (non-hydrogen) atoms. The number of aliphatic hydroxyl groups excluding tert-OH is 1. The summed E-state index contributed by atoms with van der Waals surface area (Å²) in [7, 11) is 4.75. The number of hydrogen-bond acceptors (Lipinski definition) is 8. The fourth-order valence-electron chi connectivity index (χ4n) is 4.17. The number of para-hydroxylation sites is 2. The predicted octanol–water partition coefficient (Wildman–Crippen LogP) is 3.38. The number of hydrogen-bond donors (Lipinski definition) is 1. The molecule has 180 valence electrons. The minimum atomic E-state index is -0.991. The maximum atomic E-state index is 13.6. The van der Waals surface area contributed by atoms with E-state index in [4.69, 9.17) is 18.7 Å². The van der Waals surface area contributed by atoms with Crippen LogP contribution in [0.2, 0.25) is 0 Å². The molecule has 3 aromatic rings. The molecule has 0 spiro atoms. The molecule has 0 bridgehead atoms. The Hall–Kier alpha value is -3.72. The zero-order valence-corrected chi connectivity index (χ0v) is 19.8. The summed E-state index contributed by atoms with van der Waals surface area (Å²) in [6.45, 7) is 3.86. The first-order chi connectivity index (χ1) is 16.5. The molecule has 1 aromatic heterocycles. The molecule has 0 radical (unpaired) electrons. The topological polar surface area (TPSA) is 97.5 Å². The van der Waals surface area contributed by atoms with E-state index in [0.29, 0.717) is 48.9 Å². The van der Waals surface area contributed by atoms with Gasteiger partial charge in [-0.1, -0.05) is 17.3 Å². The van der Waals surface area contributed by atoms with Crippen LogP contribution in [-0.4, -0.2) is 68.6 Å². The fourth-order valence-corrected chi connectivity index (χ4v) is 4.17. The lowest BCUT2D eigenvalue weighted by Crippen LogP contribution is -2.49. The number of aliphatic hydroxyl groups is 1. The maximum absolute atomic E-state index is 13.6. The summed E-state index contributed by atoms with van der Waals surface area (Å²) >= 11 is 0. The smallest absolute Gasteiger partial charge is 0.259 e. The molecule has 4 rings (SSSR count). The normalized spacial score (nSPS) is 14.6. The zero-order valence-electron chi connectivity index (χ0n) is 19.8. The second-order valence-electron chi connectivity index (χ2n) is 7.97. The third kappa shape index (κ3) is 4.38. The molecule has 0 aliphatic carbocycles. The molecular weight excluding hydrogens is 438 g/mol. The third-order valence-electron chi connectivity index (χ3n) is 5.96. The van der Waals surface area contributed by atoms with Gasteiger partial charge in [0.15, 0.2) is 17.3 Å². The monoisotopic (exact) mass is 467 g/mol. The highest BCUT2D eigenvalue weighted by Crippen LogP contribution is 2.36. The number of carbonyl (C=O) groups excluding carboxylic acids is 1. The average Bonchev–Trinajstić information content (AvgIpc) is 3.33. The molecule has 0 unspecified atom stereocenters. The van der Waals surface area contributed by atoms with Gasteiger partial charge in [-0.15, -0.1) is 0 Å². The van der Waals surface area contributed by atoms with E-state index in [9.17, 15) is 9.90 Å². The van der Waals surface area contributed by atoms with Crippen molar-refractivity contribution in [2.24, 2.45) is 0 Å². The molecule has 9 heteroatoms. The van der Waals surface area contributed by atoms with E-state index >= 15 is 0 Å². The van der Waals surface area contributed by atoms with Crippen LogP contribution in [0.3, 0.4) is 0 Å². The van der Waals surface area contributed by atoms with Gasteiger partial charge in [0.1, 0.15) is 23.1 Å². The van der Waals surface area contributed by atoms with Gasteiger partial charge in [-0.05, 0) is 37.3 Å². The molecule has 0 saturated carbocycles. The van der Waals surface area contributed by atoms with Gasteiger partial charge in [-0.3, -0.25) is 4.79 Å². The molecule has 1 aliphatic heterocycles. The molecular formula is C25H29N3O6. The molecule has 1 aliphatic rings. The van der Waals surface area contributed by atoms with Gasteiger partial charge in [0.25, 0.3) is 5.91 Å². The van der Waals surface area contributed by atoms with Crippen molar-refractivity contribution in [1.82, 2.24) is 10.1 Å². The summed E-state index contributed by atoms with van der Waals surface area (Å²) in [5.41, 5.74) is 2.24. The quantitative estimate of drug-likeness (QED) is 0.565. The number of amides is 1. The molecule has 1 N–H and O–H groups in total. The van der Waals surface area contributed by atoms with E-state index in [2.05, 4.69) is 10.1 Å². The lowest BCUT2D eigenvalue weighted by Gasteiger charge is -2.36. The van der Waals surface area contributed by atoms with Crippen LogP contribution in [-0.2, 0) is 0 Å². The minimum absolute atomic E-state index is 0.141. The van der Waals surface area contributed by atoms with Crippen LogP contribution in [0, 0.1) is 0 Å². The Balaban J connectivity index is 1.61. The van der Waals surface area contributed by atoms with Gasteiger partial charge in [0.2, 0.25) is 0 Å². The van der Waals surface area contributed by atoms with Crippen molar-refractivity contribution in [3.05, 3.63) is 53.8 Å². The molecule has 2 heterocycles. The third-order valence-corrected chi connectivity index (χ3v) is 5.96. The van der Waals surface area contributed by atoms with Gasteiger partial charge in [-0.2, -0.15) is 0 Å². The van der Waals surface area contributed by atoms with E-state index in [-0.39, 0.29) is 17.2 Å². The Labute approximate surface area is 198 Å². The van der Waals surface area contributed by atoms with Crippen molar-refractivity contribution < 1.29 is 28.6 Å². The van der Waals surface area contributed by atoms with E-state index < -0.39 is 6.10 Å². The Bertz CT molecular complexity index is 1150. The van der Waals surface area contributed by atoms with Crippen LogP contribution in [0.25, 0.3) is 11.3 Å². The lowest BCUT2D eigenvalue weighted by atomic mass is 10.0. The first-order valence-electron chi connectivity index (χ1n) is 11.1. The number of ether oxygens (including phenoxy) is 3. The number of rotatable bonds is 7. The highest BCUT2D eigenvalue weighted by atomic mass is 16.5. The highest BCUT2D eigenvalue weighted by molar-refractivity contribution is 6.01. The lowest BCUT2D eigenvalue weighted by molar-refractivity contribution is 0.0735. The summed E-state index contributed by atoms with van der Waals surface area (Å²) in [5.74, 6) is 1.77. The van der Waals surface area contributed by atoms with Gasteiger partial charge in [0, 0.05) is 31.7 Å². The van der Waals surface area contributed by atoms with Gasteiger partial charge >= 0.3 is 0 Å². The van der Waals surface area contributed by atoms with Crippen molar-refractivity contribution in [2.75, 3.05) is 52.4 Å². The fraction of sp³-hybridized carbons (Fsp3) is 0.360.